The SMILES string of the molecule is CCCCCCCCCCCCCCCCCCCC/C=C/CCCC(=O)O[C@H](COC(=O)CCCCCCCCCCCCCCCCCCCC)COP(=O)(O)OCC[N+](C)(C)C. The third-order valence-corrected chi connectivity index (χ3v) is 13.5. The van der Waals surface area contributed by atoms with Gasteiger partial charge in [0.1, 0.15) is 19.8 Å². The second-order valence-electron chi connectivity index (χ2n) is 20.3. The molecule has 386 valence electrons. The Morgan fingerprint density at radius 3 is 1.18 bits per heavy atom. The number of phosphoric acid groups is 1. The number of nitrogens with zero attached hydrogens (tertiary/aromatic N) is 1. The Hall–Kier alpha value is -1.25. The van der Waals surface area contributed by atoms with Gasteiger partial charge in [-0.05, 0) is 32.1 Å². The summed E-state index contributed by atoms with van der Waals surface area (Å²) in [6.45, 7) is 4.46. The Kier molecular flexibility index (Phi) is 46.9. The first-order chi connectivity index (χ1) is 31.5. The molecule has 0 aliphatic carbocycles. The van der Waals surface area contributed by atoms with Gasteiger partial charge >= 0.3 is 19.8 Å². The summed E-state index contributed by atoms with van der Waals surface area (Å²) < 4.78 is 34.5. The van der Waals surface area contributed by atoms with Gasteiger partial charge in [0.05, 0.1) is 27.7 Å². The van der Waals surface area contributed by atoms with Crippen LogP contribution in [0.25, 0.3) is 0 Å². The van der Waals surface area contributed by atoms with Gasteiger partial charge in [-0.15, -0.1) is 0 Å². The fraction of sp³-hybridized carbons (Fsp3) is 0.927. The molecule has 1 unspecified atom stereocenters. The summed E-state index contributed by atoms with van der Waals surface area (Å²) in [4.78, 5) is 35.6. The Bertz CT molecular complexity index is 1110. The summed E-state index contributed by atoms with van der Waals surface area (Å²) in [6.07, 6.45) is 54.3. The van der Waals surface area contributed by atoms with Crippen molar-refractivity contribution in [2.45, 2.75) is 283 Å². The van der Waals surface area contributed by atoms with Crippen LogP contribution in [0.4, 0.5) is 0 Å². The second kappa shape index (κ2) is 47.8. The highest BCUT2D eigenvalue weighted by Crippen LogP contribution is 2.43. The van der Waals surface area contributed by atoms with Crippen LogP contribution >= 0.6 is 7.82 Å². The predicted molar refractivity (Wildman–Crippen MR) is 275 cm³/mol. The summed E-state index contributed by atoms with van der Waals surface area (Å²) in [5.41, 5.74) is 0. The minimum Gasteiger partial charge on any atom is -0.462 e. The van der Waals surface area contributed by atoms with Gasteiger partial charge in [-0.1, -0.05) is 244 Å². The number of likely N-dealkylation sites (N-methyl/N-ethyl adjacent to an activating group) is 1. The van der Waals surface area contributed by atoms with Crippen molar-refractivity contribution < 1.29 is 42.1 Å². The zero-order valence-electron chi connectivity index (χ0n) is 43.8. The van der Waals surface area contributed by atoms with E-state index in [1.165, 1.54) is 212 Å². The van der Waals surface area contributed by atoms with Crippen molar-refractivity contribution in [1.29, 1.82) is 0 Å². The van der Waals surface area contributed by atoms with Gasteiger partial charge in [0.15, 0.2) is 6.10 Å². The summed E-state index contributed by atoms with van der Waals surface area (Å²) in [6, 6.07) is 0. The predicted octanol–water partition coefficient (Wildman–Crippen LogP) is 16.9. The van der Waals surface area contributed by atoms with Crippen LogP contribution in [0, 0.1) is 0 Å². The normalized spacial score (nSPS) is 13.4. The maximum absolute atomic E-state index is 12.8. The quantitative estimate of drug-likeness (QED) is 0.0211. The number of hydrogen-bond donors (Lipinski definition) is 1. The van der Waals surface area contributed by atoms with Crippen LogP contribution in [0.2, 0.25) is 0 Å². The highest BCUT2D eigenvalue weighted by Gasteiger charge is 2.27. The Balaban J connectivity index is 4.18. The molecule has 2 atom stereocenters. The van der Waals surface area contributed by atoms with Crippen molar-refractivity contribution in [1.82, 2.24) is 0 Å². The van der Waals surface area contributed by atoms with Gasteiger partial charge in [-0.2, -0.15) is 0 Å². The van der Waals surface area contributed by atoms with Crippen molar-refractivity contribution in [3.8, 4) is 0 Å². The first-order valence-corrected chi connectivity index (χ1v) is 29.4. The molecule has 9 nitrogen and oxygen atoms in total. The average molecular weight is 943 g/mol. The summed E-state index contributed by atoms with van der Waals surface area (Å²) in [5.74, 6) is -0.817. The molecule has 0 fully saturated rings. The zero-order chi connectivity index (χ0) is 47.8. The lowest BCUT2D eigenvalue weighted by molar-refractivity contribution is -0.870. The van der Waals surface area contributed by atoms with Crippen LogP contribution < -0.4 is 0 Å². The maximum atomic E-state index is 12.8. The van der Waals surface area contributed by atoms with Crippen LogP contribution in [-0.2, 0) is 32.7 Å². The molecular weight excluding hydrogens is 834 g/mol. The molecule has 0 amide bonds. The smallest absolute Gasteiger partial charge is 0.462 e. The van der Waals surface area contributed by atoms with Gasteiger partial charge in [-0.25, -0.2) is 4.57 Å². The monoisotopic (exact) mass is 943 g/mol. The number of quaternary nitrogens is 1. The van der Waals surface area contributed by atoms with E-state index in [0.29, 0.717) is 23.9 Å². The van der Waals surface area contributed by atoms with E-state index in [0.717, 1.165) is 32.1 Å². The van der Waals surface area contributed by atoms with Crippen molar-refractivity contribution in [2.24, 2.45) is 0 Å². The van der Waals surface area contributed by atoms with Crippen LogP contribution in [0.5, 0.6) is 0 Å². The first kappa shape index (κ1) is 63.8. The molecule has 1 N–H and O–H groups in total. The number of allylic oxidation sites excluding steroid dienone is 2. The topological polar surface area (TPSA) is 108 Å². The standard InChI is InChI=1S/C55H108NO8P/c1-6-8-10-12-14-16-18-20-22-24-26-27-28-29-30-32-34-36-38-40-42-44-46-48-55(58)64-53(52-63-65(59,60)62-50-49-56(3,4)5)51-61-54(57)47-45-43-41-39-37-35-33-31-25-23-21-19-17-15-13-11-9-7-2/h40,42,53H,6-39,41,43-52H2,1-5H3/p+1/b42-40+/t53-/m1/s1. The second-order valence-corrected chi connectivity index (χ2v) is 21.8. The molecular formula is C55H109NO8P+. The van der Waals surface area contributed by atoms with Crippen LogP contribution in [-0.4, -0.2) is 74.9 Å². The Morgan fingerprint density at radius 1 is 0.462 bits per heavy atom. The van der Waals surface area contributed by atoms with E-state index >= 15 is 0 Å². The molecule has 0 spiro atoms. The van der Waals surface area contributed by atoms with E-state index in [2.05, 4.69) is 26.0 Å². The number of carbonyl (C=O) groups excluding carboxylic acids is 2. The number of rotatable bonds is 52. The minimum atomic E-state index is -4.38. The summed E-state index contributed by atoms with van der Waals surface area (Å²) in [7, 11) is 1.48. The highest BCUT2D eigenvalue weighted by molar-refractivity contribution is 7.47. The van der Waals surface area contributed by atoms with Crippen molar-refractivity contribution in [3.63, 3.8) is 0 Å². The van der Waals surface area contributed by atoms with Gasteiger partial charge in [0, 0.05) is 12.8 Å². The molecule has 0 saturated heterocycles. The summed E-state index contributed by atoms with van der Waals surface area (Å²) >= 11 is 0. The molecule has 0 aliphatic heterocycles. The van der Waals surface area contributed by atoms with Crippen molar-refractivity contribution >= 4 is 19.8 Å². The third kappa shape index (κ3) is 52.0. The fourth-order valence-corrected chi connectivity index (χ4v) is 8.94. The van der Waals surface area contributed by atoms with E-state index in [1.807, 2.05) is 21.1 Å². The average Bonchev–Trinajstić information content (AvgIpc) is 3.26. The number of phosphoric ester groups is 1. The van der Waals surface area contributed by atoms with Crippen LogP contribution in [0.3, 0.4) is 0 Å². The molecule has 0 heterocycles. The van der Waals surface area contributed by atoms with Crippen LogP contribution in [0.15, 0.2) is 12.2 Å². The van der Waals surface area contributed by atoms with Gasteiger partial charge in [0.25, 0.3) is 0 Å². The molecule has 0 saturated carbocycles. The highest BCUT2D eigenvalue weighted by atomic mass is 31.2. The number of hydrogen-bond acceptors (Lipinski definition) is 7. The number of carbonyl (C=O) groups is 2. The molecule has 0 aliphatic rings. The minimum absolute atomic E-state index is 0.0309. The third-order valence-electron chi connectivity index (χ3n) is 12.5. The number of esters is 2. The van der Waals surface area contributed by atoms with Gasteiger partial charge < -0.3 is 18.9 Å². The van der Waals surface area contributed by atoms with Crippen LogP contribution in [0.1, 0.15) is 277 Å². The molecule has 0 aromatic carbocycles. The molecule has 0 aromatic heterocycles. The molecule has 0 bridgehead atoms. The van der Waals surface area contributed by atoms with E-state index in [9.17, 15) is 19.0 Å². The largest absolute Gasteiger partial charge is 0.472 e. The van der Waals surface area contributed by atoms with Crippen molar-refractivity contribution in [3.05, 3.63) is 12.2 Å². The first-order valence-electron chi connectivity index (χ1n) is 27.9. The molecule has 0 aromatic rings. The zero-order valence-corrected chi connectivity index (χ0v) is 44.6. The van der Waals surface area contributed by atoms with Gasteiger partial charge in [0.2, 0.25) is 0 Å². The Morgan fingerprint density at radius 2 is 0.800 bits per heavy atom. The summed E-state index contributed by atoms with van der Waals surface area (Å²) in [5, 5.41) is 0. The van der Waals surface area contributed by atoms with E-state index in [4.69, 9.17) is 18.5 Å². The van der Waals surface area contributed by atoms with E-state index in [1.54, 1.807) is 0 Å². The lowest BCUT2D eigenvalue weighted by Gasteiger charge is -2.24. The fourth-order valence-electron chi connectivity index (χ4n) is 8.20. The molecule has 65 heavy (non-hydrogen) atoms. The maximum Gasteiger partial charge on any atom is 0.472 e. The molecule has 0 rings (SSSR count). The van der Waals surface area contributed by atoms with E-state index < -0.39 is 26.5 Å². The molecule has 0 radical (unpaired) electrons. The van der Waals surface area contributed by atoms with Crippen molar-refractivity contribution in [2.75, 3.05) is 47.5 Å². The van der Waals surface area contributed by atoms with E-state index in [-0.39, 0.29) is 25.6 Å². The Labute approximate surface area is 403 Å². The number of ether oxygens (including phenoxy) is 2. The lowest BCUT2D eigenvalue weighted by Crippen LogP contribution is -2.37. The lowest BCUT2D eigenvalue weighted by atomic mass is 10.0. The van der Waals surface area contributed by atoms with Gasteiger partial charge in [-0.3, -0.25) is 18.6 Å². The number of unbranched alkanes of at least 4 members (excludes halogenated alkanes) is 36. The molecule has 10 heteroatoms.